The Hall–Kier alpha value is -2.79. The van der Waals surface area contributed by atoms with E-state index in [1.807, 2.05) is 42.6 Å². The van der Waals surface area contributed by atoms with Crippen LogP contribution in [0.25, 0.3) is 10.9 Å². The number of hydrogen-bond donors (Lipinski definition) is 4. The molecule has 1 aliphatic rings. The topological polar surface area (TPSA) is 82.9 Å². The van der Waals surface area contributed by atoms with Crippen LogP contribution in [0.3, 0.4) is 0 Å². The highest BCUT2D eigenvalue weighted by atomic mass is 16.2. The molecule has 0 aliphatic carbocycles. The number of rotatable bonds is 5. The molecule has 1 amide bonds. The van der Waals surface area contributed by atoms with E-state index in [0.717, 1.165) is 17.5 Å². The van der Waals surface area contributed by atoms with Crippen LogP contribution in [0.1, 0.15) is 17.5 Å². The van der Waals surface area contributed by atoms with Crippen LogP contribution in [-0.2, 0) is 16.8 Å². The van der Waals surface area contributed by atoms with Crippen molar-refractivity contribution in [3.63, 3.8) is 0 Å². The third kappa shape index (κ3) is 2.66. The van der Waals surface area contributed by atoms with Crippen molar-refractivity contribution < 1.29 is 4.79 Å². The molecule has 2 heterocycles. The highest BCUT2D eigenvalue weighted by Gasteiger charge is 2.44. The molecule has 1 aliphatic heterocycles. The predicted molar refractivity (Wildman–Crippen MR) is 100 cm³/mol. The maximum atomic E-state index is 12.6. The standard InChI is InChI=1S/C20H22N4O/c21-17-7-3-2-6-16(17)20(10-12-22-19(20)25)24-11-9-14-13-23-18-8-4-1-5-15(14)18/h1-8,13,23-24H,9-12,21H2,(H,22,25). The zero-order valence-corrected chi connectivity index (χ0v) is 14.0. The van der Waals surface area contributed by atoms with Gasteiger partial charge in [-0.3, -0.25) is 10.1 Å². The van der Waals surface area contributed by atoms with Gasteiger partial charge in [-0.1, -0.05) is 36.4 Å². The lowest BCUT2D eigenvalue weighted by Crippen LogP contribution is -2.49. The number of nitrogens with two attached hydrogens (primary N) is 1. The van der Waals surface area contributed by atoms with Gasteiger partial charge in [-0.2, -0.15) is 0 Å². The second-order valence-corrected chi connectivity index (χ2v) is 6.53. The van der Waals surface area contributed by atoms with Crippen molar-refractivity contribution in [2.75, 3.05) is 18.8 Å². The molecular weight excluding hydrogens is 312 g/mol. The first-order chi connectivity index (χ1) is 12.2. The molecule has 1 saturated heterocycles. The molecule has 0 radical (unpaired) electrons. The fourth-order valence-corrected chi connectivity index (χ4v) is 3.78. The van der Waals surface area contributed by atoms with E-state index in [2.05, 4.69) is 27.8 Å². The SMILES string of the molecule is Nc1ccccc1C1(NCCc2c[nH]c3ccccc23)CCNC1=O. The number of aromatic amines is 1. The maximum Gasteiger partial charge on any atom is 0.245 e. The van der Waals surface area contributed by atoms with Gasteiger partial charge in [0.25, 0.3) is 0 Å². The first kappa shape index (κ1) is 15.7. The molecular formula is C20H22N4O. The van der Waals surface area contributed by atoms with Gasteiger partial charge in [0.15, 0.2) is 0 Å². The molecule has 2 aromatic carbocycles. The number of para-hydroxylation sites is 2. The summed E-state index contributed by atoms with van der Waals surface area (Å²) in [7, 11) is 0. The fourth-order valence-electron chi connectivity index (χ4n) is 3.78. The van der Waals surface area contributed by atoms with Gasteiger partial charge in [-0.25, -0.2) is 0 Å². The van der Waals surface area contributed by atoms with E-state index >= 15 is 0 Å². The van der Waals surface area contributed by atoms with Crippen molar-refractivity contribution >= 4 is 22.5 Å². The summed E-state index contributed by atoms with van der Waals surface area (Å²) in [4.78, 5) is 15.9. The molecule has 128 valence electrons. The summed E-state index contributed by atoms with van der Waals surface area (Å²) < 4.78 is 0. The highest BCUT2D eigenvalue weighted by molar-refractivity contribution is 5.91. The Morgan fingerprint density at radius 1 is 1.12 bits per heavy atom. The van der Waals surface area contributed by atoms with E-state index in [0.29, 0.717) is 25.2 Å². The average Bonchev–Trinajstić information content (AvgIpc) is 3.20. The van der Waals surface area contributed by atoms with Gasteiger partial charge in [0, 0.05) is 41.4 Å². The molecule has 25 heavy (non-hydrogen) atoms. The zero-order valence-electron chi connectivity index (χ0n) is 14.0. The number of amides is 1. The Morgan fingerprint density at radius 2 is 1.92 bits per heavy atom. The van der Waals surface area contributed by atoms with E-state index in [-0.39, 0.29) is 5.91 Å². The number of H-pyrrole nitrogens is 1. The lowest BCUT2D eigenvalue weighted by Gasteiger charge is -2.29. The summed E-state index contributed by atoms with van der Waals surface area (Å²) in [5.41, 5.74) is 9.33. The van der Waals surface area contributed by atoms with Gasteiger partial charge < -0.3 is 16.0 Å². The summed E-state index contributed by atoms with van der Waals surface area (Å²) >= 11 is 0. The van der Waals surface area contributed by atoms with Gasteiger partial charge in [-0.15, -0.1) is 0 Å². The number of nitrogens with one attached hydrogen (secondary N) is 3. The molecule has 1 aromatic heterocycles. The van der Waals surface area contributed by atoms with Crippen molar-refractivity contribution in [2.45, 2.75) is 18.4 Å². The lowest BCUT2D eigenvalue weighted by molar-refractivity contribution is -0.125. The number of carbonyl (C=O) groups excluding carboxylic acids is 1. The molecule has 5 N–H and O–H groups in total. The van der Waals surface area contributed by atoms with Crippen molar-refractivity contribution in [3.8, 4) is 0 Å². The van der Waals surface area contributed by atoms with Crippen LogP contribution in [0.5, 0.6) is 0 Å². The summed E-state index contributed by atoms with van der Waals surface area (Å²) in [6.07, 6.45) is 3.59. The molecule has 1 atom stereocenters. The van der Waals surface area contributed by atoms with E-state index in [4.69, 9.17) is 5.73 Å². The van der Waals surface area contributed by atoms with Crippen LogP contribution in [0.15, 0.2) is 54.7 Å². The molecule has 0 saturated carbocycles. The normalized spacial score (nSPS) is 20.1. The van der Waals surface area contributed by atoms with Gasteiger partial charge in [-0.05, 0) is 30.5 Å². The maximum absolute atomic E-state index is 12.6. The third-order valence-corrected chi connectivity index (χ3v) is 5.09. The van der Waals surface area contributed by atoms with E-state index in [9.17, 15) is 4.79 Å². The Bertz CT molecular complexity index is 917. The highest BCUT2D eigenvalue weighted by Crippen LogP contribution is 2.33. The minimum atomic E-state index is -0.739. The number of hydrogen-bond acceptors (Lipinski definition) is 3. The fraction of sp³-hybridized carbons (Fsp3) is 0.250. The van der Waals surface area contributed by atoms with Crippen molar-refractivity contribution in [1.82, 2.24) is 15.6 Å². The molecule has 0 spiro atoms. The van der Waals surface area contributed by atoms with Gasteiger partial charge >= 0.3 is 0 Å². The van der Waals surface area contributed by atoms with E-state index in [1.54, 1.807) is 0 Å². The van der Waals surface area contributed by atoms with Crippen LogP contribution >= 0.6 is 0 Å². The van der Waals surface area contributed by atoms with Gasteiger partial charge in [0.1, 0.15) is 5.54 Å². The number of fused-ring (bicyclic) bond motifs is 1. The Balaban J connectivity index is 1.56. The first-order valence-electron chi connectivity index (χ1n) is 8.64. The Morgan fingerprint density at radius 3 is 2.72 bits per heavy atom. The number of carbonyl (C=O) groups is 1. The Labute approximate surface area is 146 Å². The third-order valence-electron chi connectivity index (χ3n) is 5.09. The summed E-state index contributed by atoms with van der Waals surface area (Å²) in [5.74, 6) is 0.00401. The summed E-state index contributed by atoms with van der Waals surface area (Å²) in [5, 5.41) is 7.68. The van der Waals surface area contributed by atoms with Crippen molar-refractivity contribution in [1.29, 1.82) is 0 Å². The number of nitrogen functional groups attached to an aromatic ring is 1. The van der Waals surface area contributed by atoms with Crippen LogP contribution in [0.2, 0.25) is 0 Å². The summed E-state index contributed by atoms with van der Waals surface area (Å²) in [6.45, 7) is 1.36. The molecule has 5 heteroatoms. The first-order valence-corrected chi connectivity index (χ1v) is 8.64. The van der Waals surface area contributed by atoms with Gasteiger partial charge in [0.05, 0.1) is 0 Å². The quantitative estimate of drug-likeness (QED) is 0.540. The Kier molecular flexibility index (Phi) is 3.93. The number of benzene rings is 2. The van der Waals surface area contributed by atoms with Crippen LogP contribution in [0, 0.1) is 0 Å². The molecule has 1 unspecified atom stereocenters. The van der Waals surface area contributed by atoms with E-state index in [1.165, 1.54) is 10.9 Å². The average molecular weight is 334 g/mol. The van der Waals surface area contributed by atoms with Crippen LogP contribution in [0.4, 0.5) is 5.69 Å². The molecule has 4 rings (SSSR count). The predicted octanol–water partition coefficient (Wildman–Crippen LogP) is 2.30. The van der Waals surface area contributed by atoms with Crippen molar-refractivity contribution in [3.05, 3.63) is 65.9 Å². The molecule has 5 nitrogen and oxygen atoms in total. The molecule has 0 bridgehead atoms. The largest absolute Gasteiger partial charge is 0.398 e. The van der Waals surface area contributed by atoms with Crippen molar-refractivity contribution in [2.24, 2.45) is 0 Å². The number of aromatic nitrogens is 1. The minimum Gasteiger partial charge on any atom is -0.398 e. The van der Waals surface area contributed by atoms with Gasteiger partial charge in [0.2, 0.25) is 5.91 Å². The lowest BCUT2D eigenvalue weighted by atomic mass is 9.86. The second kappa shape index (κ2) is 6.26. The second-order valence-electron chi connectivity index (χ2n) is 6.53. The molecule has 1 fully saturated rings. The summed E-state index contributed by atoms with van der Waals surface area (Å²) in [6, 6.07) is 15.9. The zero-order chi connectivity index (χ0) is 17.3. The number of anilines is 1. The van der Waals surface area contributed by atoms with E-state index < -0.39 is 5.54 Å². The smallest absolute Gasteiger partial charge is 0.245 e. The van der Waals surface area contributed by atoms with Crippen LogP contribution < -0.4 is 16.4 Å². The molecule has 3 aromatic rings. The van der Waals surface area contributed by atoms with Crippen LogP contribution in [-0.4, -0.2) is 24.0 Å². The minimum absolute atomic E-state index is 0.00401. The monoisotopic (exact) mass is 334 g/mol.